The van der Waals surface area contributed by atoms with E-state index in [1.165, 1.54) is 0 Å². The third-order valence-corrected chi connectivity index (χ3v) is 2.61. The van der Waals surface area contributed by atoms with Gasteiger partial charge in [-0.25, -0.2) is 0 Å². The lowest BCUT2D eigenvalue weighted by atomic mass is 10.2. The van der Waals surface area contributed by atoms with E-state index in [-0.39, 0.29) is 0 Å². The highest BCUT2D eigenvalue weighted by atomic mass is 79.9. The van der Waals surface area contributed by atoms with Gasteiger partial charge in [0.25, 0.3) is 0 Å². The second-order valence-corrected chi connectivity index (χ2v) is 3.55. The van der Waals surface area contributed by atoms with E-state index in [0.29, 0.717) is 5.88 Å². The zero-order valence-corrected chi connectivity index (χ0v) is 9.78. The molecule has 13 heavy (non-hydrogen) atoms. The Morgan fingerprint density at radius 1 is 1.23 bits per heavy atom. The van der Waals surface area contributed by atoms with Gasteiger partial charge in [-0.05, 0) is 28.1 Å². The minimum Gasteiger partial charge on any atom is -0.496 e. The van der Waals surface area contributed by atoms with Crippen LogP contribution in [0.1, 0.15) is 5.56 Å². The molecule has 2 nitrogen and oxygen atoms in total. The predicted molar refractivity (Wildman–Crippen MR) is 56.8 cm³/mol. The number of alkyl halides is 1. The first-order valence-electron chi connectivity index (χ1n) is 3.69. The average molecular weight is 266 g/mol. The highest BCUT2D eigenvalue weighted by Gasteiger charge is 2.07. The molecule has 0 bridgehead atoms. The van der Waals surface area contributed by atoms with Crippen molar-refractivity contribution >= 4 is 27.5 Å². The predicted octanol–water partition coefficient (Wildman–Crippen LogP) is 3.21. The number of rotatable bonds is 3. The largest absolute Gasteiger partial charge is 0.496 e. The summed E-state index contributed by atoms with van der Waals surface area (Å²) in [6.45, 7) is 0. The van der Waals surface area contributed by atoms with Crippen LogP contribution in [0.2, 0.25) is 0 Å². The molecule has 1 rings (SSSR count). The molecular weight excluding hydrogens is 255 g/mol. The molecule has 0 N–H and O–H groups in total. The van der Waals surface area contributed by atoms with Crippen molar-refractivity contribution in [3.05, 3.63) is 22.2 Å². The normalized spacial score (nSPS) is 9.85. The molecule has 0 saturated carbocycles. The lowest BCUT2D eigenvalue weighted by Crippen LogP contribution is -1.92. The van der Waals surface area contributed by atoms with Crippen molar-refractivity contribution in [1.82, 2.24) is 0 Å². The number of halogens is 2. The summed E-state index contributed by atoms with van der Waals surface area (Å²) in [5.74, 6) is 1.94. The Morgan fingerprint density at radius 3 is 2.31 bits per heavy atom. The molecule has 1 aromatic carbocycles. The van der Waals surface area contributed by atoms with Gasteiger partial charge in [-0.2, -0.15) is 0 Å². The van der Waals surface area contributed by atoms with E-state index in [9.17, 15) is 0 Å². The molecule has 0 aromatic heterocycles. The van der Waals surface area contributed by atoms with Gasteiger partial charge in [0.1, 0.15) is 11.5 Å². The molecule has 72 valence electrons. The first-order chi connectivity index (χ1) is 6.22. The molecule has 0 saturated heterocycles. The number of hydrogen-bond donors (Lipinski definition) is 0. The van der Waals surface area contributed by atoms with Crippen molar-refractivity contribution in [2.24, 2.45) is 0 Å². The molecule has 4 heteroatoms. The van der Waals surface area contributed by atoms with Crippen LogP contribution < -0.4 is 9.47 Å². The van der Waals surface area contributed by atoms with Crippen LogP contribution >= 0.6 is 27.5 Å². The second kappa shape index (κ2) is 4.72. The Labute approximate surface area is 90.9 Å². The molecule has 0 aliphatic carbocycles. The van der Waals surface area contributed by atoms with Crippen molar-refractivity contribution in [3.8, 4) is 11.5 Å². The molecule has 0 fully saturated rings. The van der Waals surface area contributed by atoms with Crippen LogP contribution in [0.15, 0.2) is 16.6 Å². The van der Waals surface area contributed by atoms with Crippen LogP contribution in [0.4, 0.5) is 0 Å². The Balaban J connectivity index is 3.18. The Bertz CT molecular complexity index is 302. The van der Waals surface area contributed by atoms with Gasteiger partial charge >= 0.3 is 0 Å². The zero-order chi connectivity index (χ0) is 9.84. The summed E-state index contributed by atoms with van der Waals surface area (Å²) in [5, 5.41) is 0. The topological polar surface area (TPSA) is 18.5 Å². The maximum atomic E-state index is 5.74. The van der Waals surface area contributed by atoms with Crippen LogP contribution in [0.3, 0.4) is 0 Å². The average Bonchev–Trinajstić information content (AvgIpc) is 2.17. The highest BCUT2D eigenvalue weighted by Crippen LogP contribution is 2.33. The van der Waals surface area contributed by atoms with Crippen LogP contribution in [0.5, 0.6) is 11.5 Å². The molecule has 0 amide bonds. The lowest BCUT2D eigenvalue weighted by molar-refractivity contribution is 0.398. The van der Waals surface area contributed by atoms with Gasteiger partial charge in [-0.15, -0.1) is 11.6 Å². The summed E-state index contributed by atoms with van der Waals surface area (Å²) in [6.07, 6.45) is 0. The van der Waals surface area contributed by atoms with Gasteiger partial charge in [0.2, 0.25) is 0 Å². The summed E-state index contributed by atoms with van der Waals surface area (Å²) in [5.41, 5.74) is 0.921. The number of hydrogen-bond acceptors (Lipinski definition) is 2. The Kier molecular flexibility index (Phi) is 3.88. The zero-order valence-electron chi connectivity index (χ0n) is 7.43. The molecule has 0 heterocycles. The van der Waals surface area contributed by atoms with E-state index in [2.05, 4.69) is 15.9 Å². The quantitative estimate of drug-likeness (QED) is 0.781. The number of ether oxygens (including phenoxy) is 2. The summed E-state index contributed by atoms with van der Waals surface area (Å²) in [6, 6.07) is 3.70. The van der Waals surface area contributed by atoms with Crippen LogP contribution in [-0.2, 0) is 5.88 Å². The van der Waals surface area contributed by atoms with E-state index < -0.39 is 0 Å². The van der Waals surface area contributed by atoms with Crippen molar-refractivity contribution < 1.29 is 9.47 Å². The summed E-state index contributed by atoms with van der Waals surface area (Å²) < 4.78 is 11.1. The lowest BCUT2D eigenvalue weighted by Gasteiger charge is -2.09. The Hall–Kier alpha value is -0.410. The molecule has 0 atom stereocenters. The molecular formula is C9H10BrClO2. The van der Waals surface area contributed by atoms with E-state index in [1.807, 2.05) is 12.1 Å². The van der Waals surface area contributed by atoms with Crippen LogP contribution in [0, 0.1) is 0 Å². The van der Waals surface area contributed by atoms with Crippen LogP contribution in [0.25, 0.3) is 0 Å². The maximum Gasteiger partial charge on any atom is 0.133 e. The van der Waals surface area contributed by atoms with Crippen LogP contribution in [-0.4, -0.2) is 14.2 Å². The third-order valence-electron chi connectivity index (χ3n) is 1.70. The minimum atomic E-state index is 0.410. The van der Waals surface area contributed by atoms with Crippen molar-refractivity contribution in [3.63, 3.8) is 0 Å². The number of methoxy groups -OCH3 is 2. The highest BCUT2D eigenvalue weighted by molar-refractivity contribution is 9.10. The maximum absolute atomic E-state index is 5.74. The van der Waals surface area contributed by atoms with E-state index >= 15 is 0 Å². The van der Waals surface area contributed by atoms with Crippen molar-refractivity contribution in [2.45, 2.75) is 5.88 Å². The summed E-state index contributed by atoms with van der Waals surface area (Å²) in [7, 11) is 3.23. The molecule has 1 aromatic rings. The van der Waals surface area contributed by atoms with E-state index in [4.69, 9.17) is 21.1 Å². The molecule has 0 aliphatic heterocycles. The first kappa shape index (κ1) is 10.7. The van der Waals surface area contributed by atoms with E-state index in [0.717, 1.165) is 21.5 Å². The monoisotopic (exact) mass is 264 g/mol. The Morgan fingerprint density at radius 2 is 1.85 bits per heavy atom. The number of benzene rings is 1. The molecule has 0 aliphatic rings. The van der Waals surface area contributed by atoms with Crippen molar-refractivity contribution in [1.29, 1.82) is 0 Å². The molecule has 0 radical (unpaired) electrons. The second-order valence-electron chi connectivity index (χ2n) is 2.43. The van der Waals surface area contributed by atoms with Gasteiger partial charge in [0.05, 0.1) is 24.6 Å². The minimum absolute atomic E-state index is 0.410. The summed E-state index contributed by atoms with van der Waals surface area (Å²) >= 11 is 9.10. The van der Waals surface area contributed by atoms with Crippen molar-refractivity contribution in [2.75, 3.05) is 14.2 Å². The van der Waals surface area contributed by atoms with Gasteiger partial charge in [0, 0.05) is 5.56 Å². The van der Waals surface area contributed by atoms with Gasteiger partial charge in [-0.1, -0.05) is 0 Å². The van der Waals surface area contributed by atoms with Gasteiger partial charge in [-0.3, -0.25) is 0 Å². The van der Waals surface area contributed by atoms with Gasteiger partial charge in [0.15, 0.2) is 0 Å². The van der Waals surface area contributed by atoms with E-state index in [1.54, 1.807) is 14.2 Å². The first-order valence-corrected chi connectivity index (χ1v) is 5.02. The molecule has 0 unspecified atom stereocenters. The fraction of sp³-hybridized carbons (Fsp3) is 0.333. The fourth-order valence-electron chi connectivity index (χ4n) is 1.03. The summed E-state index contributed by atoms with van der Waals surface area (Å²) in [4.78, 5) is 0. The smallest absolute Gasteiger partial charge is 0.133 e. The third kappa shape index (κ3) is 2.29. The standard InChI is InChI=1S/C9H10BrClO2/c1-12-8-4-7(10)9(13-2)3-6(8)5-11/h3-4H,5H2,1-2H3. The molecule has 0 spiro atoms. The van der Waals surface area contributed by atoms with Gasteiger partial charge < -0.3 is 9.47 Å². The SMILES string of the molecule is COc1cc(CCl)c(OC)cc1Br. The fourth-order valence-corrected chi connectivity index (χ4v) is 1.72.